The second-order valence-electron chi connectivity index (χ2n) is 5.54. The topological polar surface area (TPSA) is 72.2 Å². The molecule has 5 nitrogen and oxygen atoms in total. The van der Waals surface area contributed by atoms with E-state index in [2.05, 4.69) is 9.88 Å². The van der Waals surface area contributed by atoms with Crippen molar-refractivity contribution in [1.82, 2.24) is 5.16 Å². The molecular formula is C17H14ClFN2O3S. The zero-order chi connectivity index (χ0) is 18.2. The third-order valence-corrected chi connectivity index (χ3v) is 5.31. The van der Waals surface area contributed by atoms with Crippen molar-refractivity contribution in [2.75, 3.05) is 4.72 Å². The summed E-state index contributed by atoms with van der Waals surface area (Å²) in [5, 5.41) is 3.99. The molecule has 0 bridgehead atoms. The highest BCUT2D eigenvalue weighted by molar-refractivity contribution is 7.92. The van der Waals surface area contributed by atoms with Gasteiger partial charge in [-0.25, -0.2) is 12.8 Å². The molecule has 0 unspecified atom stereocenters. The van der Waals surface area contributed by atoms with Crippen LogP contribution in [0.5, 0.6) is 0 Å². The summed E-state index contributed by atoms with van der Waals surface area (Å²) in [6.07, 6.45) is 0. The number of nitrogens with zero attached hydrogens (tertiary/aromatic N) is 1. The Kier molecular flexibility index (Phi) is 4.53. The van der Waals surface area contributed by atoms with Crippen LogP contribution < -0.4 is 4.72 Å². The maximum atomic E-state index is 13.9. The Morgan fingerprint density at radius 2 is 1.88 bits per heavy atom. The van der Waals surface area contributed by atoms with Gasteiger partial charge < -0.3 is 4.52 Å². The fourth-order valence-corrected chi connectivity index (χ4v) is 3.83. The van der Waals surface area contributed by atoms with Gasteiger partial charge in [-0.3, -0.25) is 4.72 Å². The van der Waals surface area contributed by atoms with Gasteiger partial charge in [-0.1, -0.05) is 16.8 Å². The van der Waals surface area contributed by atoms with Gasteiger partial charge in [0.2, 0.25) is 0 Å². The standard InChI is InChI=1S/C17H14ClFN2O3S/c1-10-7-12(16-8-11(2)20-24-16)3-6-17(10)25(22,23)21-15-5-4-13(18)9-14(15)19/h3-9,21H,1-2H3. The second-order valence-corrected chi connectivity index (χ2v) is 7.63. The quantitative estimate of drug-likeness (QED) is 0.720. The molecule has 0 saturated carbocycles. The largest absolute Gasteiger partial charge is 0.356 e. The molecule has 1 N–H and O–H groups in total. The molecule has 0 aliphatic heterocycles. The summed E-state index contributed by atoms with van der Waals surface area (Å²) in [6, 6.07) is 10.2. The van der Waals surface area contributed by atoms with E-state index in [0.29, 0.717) is 16.9 Å². The Labute approximate surface area is 149 Å². The van der Waals surface area contributed by atoms with Gasteiger partial charge in [0, 0.05) is 16.7 Å². The third-order valence-electron chi connectivity index (χ3n) is 3.55. The maximum absolute atomic E-state index is 13.9. The van der Waals surface area contributed by atoms with Crippen LogP contribution in [0, 0.1) is 19.7 Å². The molecule has 1 heterocycles. The highest BCUT2D eigenvalue weighted by Crippen LogP contribution is 2.27. The molecule has 3 rings (SSSR count). The average Bonchev–Trinajstić information content (AvgIpc) is 2.96. The molecule has 0 amide bonds. The van der Waals surface area contributed by atoms with Gasteiger partial charge in [0.05, 0.1) is 16.3 Å². The lowest BCUT2D eigenvalue weighted by molar-refractivity contribution is 0.427. The van der Waals surface area contributed by atoms with Gasteiger partial charge in [-0.15, -0.1) is 0 Å². The lowest BCUT2D eigenvalue weighted by atomic mass is 10.1. The van der Waals surface area contributed by atoms with Crippen LogP contribution >= 0.6 is 11.6 Å². The minimum absolute atomic E-state index is 0.0434. The lowest BCUT2D eigenvalue weighted by Crippen LogP contribution is -2.15. The first-order chi connectivity index (χ1) is 11.8. The molecule has 0 aliphatic rings. The Bertz CT molecular complexity index is 1050. The molecule has 0 aliphatic carbocycles. The molecule has 2 aromatic carbocycles. The Hall–Kier alpha value is -2.38. The van der Waals surface area contributed by atoms with E-state index >= 15 is 0 Å². The lowest BCUT2D eigenvalue weighted by Gasteiger charge is -2.12. The molecule has 0 atom stereocenters. The molecule has 0 fully saturated rings. The van der Waals surface area contributed by atoms with Crippen molar-refractivity contribution in [3.05, 3.63) is 64.6 Å². The summed E-state index contributed by atoms with van der Waals surface area (Å²) in [6.45, 7) is 3.45. The molecule has 0 radical (unpaired) electrons. The Morgan fingerprint density at radius 1 is 1.12 bits per heavy atom. The number of aromatic nitrogens is 1. The molecule has 0 saturated heterocycles. The average molecular weight is 381 g/mol. The Morgan fingerprint density at radius 3 is 2.48 bits per heavy atom. The van der Waals surface area contributed by atoms with Crippen molar-refractivity contribution in [3.8, 4) is 11.3 Å². The molecular weight excluding hydrogens is 367 g/mol. The SMILES string of the molecule is Cc1cc(-c2ccc(S(=O)(=O)Nc3ccc(Cl)cc3F)c(C)c2)on1. The van der Waals surface area contributed by atoms with E-state index in [1.54, 1.807) is 32.0 Å². The smallest absolute Gasteiger partial charge is 0.262 e. The van der Waals surface area contributed by atoms with Gasteiger partial charge in [0.1, 0.15) is 5.82 Å². The van der Waals surface area contributed by atoms with Crippen molar-refractivity contribution < 1.29 is 17.3 Å². The first-order valence-electron chi connectivity index (χ1n) is 7.28. The molecule has 8 heteroatoms. The molecule has 130 valence electrons. The van der Waals surface area contributed by atoms with Crippen LogP contribution in [0.1, 0.15) is 11.3 Å². The van der Waals surface area contributed by atoms with E-state index in [1.165, 1.54) is 18.2 Å². The van der Waals surface area contributed by atoms with Crippen molar-refractivity contribution in [1.29, 1.82) is 0 Å². The van der Waals surface area contributed by atoms with Gasteiger partial charge in [0.25, 0.3) is 10.0 Å². The Balaban J connectivity index is 1.94. The minimum Gasteiger partial charge on any atom is -0.356 e. The highest BCUT2D eigenvalue weighted by atomic mass is 35.5. The van der Waals surface area contributed by atoms with E-state index in [1.807, 2.05) is 0 Å². The van der Waals surface area contributed by atoms with Crippen LogP contribution in [0.15, 0.2) is 51.9 Å². The summed E-state index contributed by atoms with van der Waals surface area (Å²) in [4.78, 5) is 0.0434. The highest BCUT2D eigenvalue weighted by Gasteiger charge is 2.19. The molecule has 0 spiro atoms. The number of hydrogen-bond acceptors (Lipinski definition) is 4. The number of nitrogens with one attached hydrogen (secondary N) is 1. The number of anilines is 1. The zero-order valence-electron chi connectivity index (χ0n) is 13.4. The zero-order valence-corrected chi connectivity index (χ0v) is 15.0. The second kappa shape index (κ2) is 6.50. The van der Waals surface area contributed by atoms with Crippen LogP contribution in [0.4, 0.5) is 10.1 Å². The van der Waals surface area contributed by atoms with Crippen LogP contribution in [0.3, 0.4) is 0 Å². The van der Waals surface area contributed by atoms with E-state index < -0.39 is 15.8 Å². The number of benzene rings is 2. The maximum Gasteiger partial charge on any atom is 0.262 e. The minimum atomic E-state index is -3.95. The van der Waals surface area contributed by atoms with Crippen LogP contribution in [-0.4, -0.2) is 13.6 Å². The third kappa shape index (κ3) is 3.67. The van der Waals surface area contributed by atoms with E-state index in [0.717, 1.165) is 11.8 Å². The summed E-state index contributed by atoms with van der Waals surface area (Å²) >= 11 is 5.68. The molecule has 1 aromatic heterocycles. The van der Waals surface area contributed by atoms with Gasteiger partial charge in [0.15, 0.2) is 5.76 Å². The van der Waals surface area contributed by atoms with Crippen molar-refractivity contribution >= 4 is 27.3 Å². The molecule has 3 aromatic rings. The fourth-order valence-electron chi connectivity index (χ4n) is 2.38. The number of aryl methyl sites for hydroxylation is 2. The monoisotopic (exact) mass is 380 g/mol. The fraction of sp³-hybridized carbons (Fsp3) is 0.118. The van der Waals surface area contributed by atoms with E-state index in [9.17, 15) is 12.8 Å². The van der Waals surface area contributed by atoms with E-state index in [4.69, 9.17) is 16.1 Å². The summed E-state index contributed by atoms with van der Waals surface area (Å²) in [5.74, 6) is -0.205. The number of sulfonamides is 1. The predicted molar refractivity (Wildman–Crippen MR) is 93.6 cm³/mol. The first-order valence-corrected chi connectivity index (χ1v) is 9.14. The van der Waals surface area contributed by atoms with Gasteiger partial charge >= 0.3 is 0 Å². The van der Waals surface area contributed by atoms with Crippen LogP contribution in [0.2, 0.25) is 5.02 Å². The van der Waals surface area contributed by atoms with E-state index in [-0.39, 0.29) is 15.6 Å². The molecule has 25 heavy (non-hydrogen) atoms. The van der Waals surface area contributed by atoms with Crippen LogP contribution in [0.25, 0.3) is 11.3 Å². The number of rotatable bonds is 4. The summed E-state index contributed by atoms with van der Waals surface area (Å²) in [5.41, 5.74) is 1.76. The first kappa shape index (κ1) is 17.4. The van der Waals surface area contributed by atoms with Crippen LogP contribution in [-0.2, 0) is 10.0 Å². The number of hydrogen-bond donors (Lipinski definition) is 1. The number of halogens is 2. The van der Waals surface area contributed by atoms with Gasteiger partial charge in [-0.2, -0.15) is 0 Å². The van der Waals surface area contributed by atoms with Gasteiger partial charge in [-0.05, 0) is 55.8 Å². The summed E-state index contributed by atoms with van der Waals surface area (Å²) in [7, 11) is -3.95. The predicted octanol–water partition coefficient (Wildman–Crippen LogP) is 4.55. The summed E-state index contributed by atoms with van der Waals surface area (Å²) < 4.78 is 46.4. The van der Waals surface area contributed by atoms with Crippen molar-refractivity contribution in [2.24, 2.45) is 0 Å². The van der Waals surface area contributed by atoms with Crippen molar-refractivity contribution in [3.63, 3.8) is 0 Å². The normalized spacial score (nSPS) is 11.5. The van der Waals surface area contributed by atoms with Crippen molar-refractivity contribution in [2.45, 2.75) is 18.7 Å².